The Hall–Kier alpha value is -3.33. The summed E-state index contributed by atoms with van der Waals surface area (Å²) in [4.78, 5) is 34.9. The third-order valence-corrected chi connectivity index (χ3v) is 9.63. The average molecular weight is 842 g/mol. The molecule has 0 saturated heterocycles. The molecule has 0 aromatic rings. The van der Waals surface area contributed by atoms with Gasteiger partial charge in [-0.25, -0.2) is 4.57 Å². The van der Waals surface area contributed by atoms with Crippen LogP contribution in [0.5, 0.6) is 0 Å². The predicted octanol–water partition coefficient (Wildman–Crippen LogP) is 13.2. The molecule has 334 valence electrons. The van der Waals surface area contributed by atoms with E-state index in [0.29, 0.717) is 12.8 Å². The van der Waals surface area contributed by atoms with Gasteiger partial charge in [-0.1, -0.05) is 155 Å². The van der Waals surface area contributed by atoms with E-state index in [1.807, 2.05) is 12.2 Å². The first-order valence-corrected chi connectivity index (χ1v) is 23.9. The van der Waals surface area contributed by atoms with Crippen molar-refractivity contribution in [3.05, 3.63) is 109 Å². The summed E-state index contributed by atoms with van der Waals surface area (Å²) < 4.78 is 32.7. The zero-order valence-corrected chi connectivity index (χ0v) is 37.6. The van der Waals surface area contributed by atoms with Gasteiger partial charge in [0.05, 0.1) is 13.2 Å². The Morgan fingerprint density at radius 3 is 1.34 bits per heavy atom. The fourth-order valence-corrected chi connectivity index (χ4v) is 6.07. The number of phosphoric acid groups is 1. The van der Waals surface area contributed by atoms with Crippen molar-refractivity contribution in [2.75, 3.05) is 26.4 Å². The van der Waals surface area contributed by atoms with Crippen molar-refractivity contribution in [2.24, 2.45) is 5.73 Å². The van der Waals surface area contributed by atoms with Crippen molar-refractivity contribution in [1.82, 2.24) is 0 Å². The third-order valence-electron chi connectivity index (χ3n) is 8.64. The van der Waals surface area contributed by atoms with Crippen LogP contribution in [0, 0.1) is 0 Å². The van der Waals surface area contributed by atoms with Crippen molar-refractivity contribution in [3.8, 4) is 0 Å². The molecule has 0 bridgehead atoms. The lowest BCUT2D eigenvalue weighted by molar-refractivity contribution is -0.161. The molecule has 0 amide bonds. The highest BCUT2D eigenvalue weighted by Gasteiger charge is 2.25. The fourth-order valence-electron chi connectivity index (χ4n) is 5.30. The maximum absolute atomic E-state index is 12.6. The van der Waals surface area contributed by atoms with Gasteiger partial charge in [0.25, 0.3) is 0 Å². The molecule has 0 aromatic carbocycles. The lowest BCUT2D eigenvalue weighted by atomic mass is 10.1. The van der Waals surface area contributed by atoms with Crippen molar-refractivity contribution < 1.29 is 37.6 Å². The Labute approximate surface area is 359 Å². The Bertz CT molecular complexity index is 1330. The van der Waals surface area contributed by atoms with E-state index in [1.54, 1.807) is 0 Å². The van der Waals surface area contributed by atoms with Gasteiger partial charge in [-0.15, -0.1) is 0 Å². The van der Waals surface area contributed by atoms with E-state index < -0.39 is 32.5 Å². The number of carbonyl (C=O) groups is 2. The SMILES string of the molecule is CCCCC/C=C/C/C=C/C/C=C/C/C=C/C/C=C/CCC(=O)O[C@H](COC(=O)CCCCC/C=C/C/C=C/C/C=C/C/C=C/CCCCC)COP(=O)(O)OCCN. The number of ether oxygens (including phenoxy) is 2. The van der Waals surface area contributed by atoms with Gasteiger partial charge in [-0.3, -0.25) is 18.6 Å². The minimum absolute atomic E-state index is 0.0312. The van der Waals surface area contributed by atoms with Crippen molar-refractivity contribution in [2.45, 2.75) is 161 Å². The molecule has 0 fully saturated rings. The molecule has 59 heavy (non-hydrogen) atoms. The minimum Gasteiger partial charge on any atom is -0.462 e. The third kappa shape index (κ3) is 44.1. The Morgan fingerprint density at radius 1 is 0.508 bits per heavy atom. The lowest BCUT2D eigenvalue weighted by Crippen LogP contribution is -2.29. The highest BCUT2D eigenvalue weighted by Crippen LogP contribution is 2.43. The predicted molar refractivity (Wildman–Crippen MR) is 247 cm³/mol. The standard InChI is InChI=1S/C49H80NO8P/c1-3-5-7-9-11-13-15-17-19-21-23-25-27-29-31-33-35-37-39-41-48(51)55-45-47(46-57-59(53,54)56-44-43-50)58-49(52)42-40-38-36-34-32-30-28-26-24-22-20-18-16-14-12-10-8-6-4-2/h11-14,17-20,23-26,29-32,36,38,47H,3-10,15-16,21-22,27-28,33-35,37,39-46,50H2,1-2H3,(H,53,54)/b13-11+,14-12+,19-17+,20-18+,25-23+,26-24+,31-29+,32-30+,38-36+/t47-/m1/s1. The number of carbonyl (C=O) groups excluding carboxylic acids is 2. The highest BCUT2D eigenvalue weighted by atomic mass is 31.2. The zero-order chi connectivity index (χ0) is 43.2. The molecule has 0 aliphatic rings. The summed E-state index contributed by atoms with van der Waals surface area (Å²) >= 11 is 0. The zero-order valence-electron chi connectivity index (χ0n) is 36.7. The molecule has 0 aromatic heterocycles. The van der Waals surface area contributed by atoms with Crippen LogP contribution < -0.4 is 5.73 Å². The summed E-state index contributed by atoms with van der Waals surface area (Å²) in [6.07, 6.45) is 58.5. The average Bonchev–Trinajstić information content (AvgIpc) is 3.22. The maximum Gasteiger partial charge on any atom is 0.472 e. The maximum atomic E-state index is 12.6. The van der Waals surface area contributed by atoms with Crippen LogP contribution in [0.15, 0.2) is 109 Å². The molecule has 0 saturated carbocycles. The van der Waals surface area contributed by atoms with Crippen LogP contribution in [0.4, 0.5) is 0 Å². The second kappa shape index (κ2) is 44.2. The van der Waals surface area contributed by atoms with E-state index in [4.69, 9.17) is 24.3 Å². The molecule has 1 unspecified atom stereocenters. The van der Waals surface area contributed by atoms with Gasteiger partial charge in [0.15, 0.2) is 6.10 Å². The second-order valence-corrected chi connectivity index (χ2v) is 15.7. The number of rotatable bonds is 40. The summed E-state index contributed by atoms with van der Waals surface area (Å²) in [6.45, 7) is 3.53. The van der Waals surface area contributed by atoms with Crippen molar-refractivity contribution in [1.29, 1.82) is 0 Å². The van der Waals surface area contributed by atoms with Crippen LogP contribution in [0.2, 0.25) is 0 Å². The van der Waals surface area contributed by atoms with Gasteiger partial charge in [-0.2, -0.15) is 0 Å². The van der Waals surface area contributed by atoms with Crippen LogP contribution in [-0.2, 0) is 32.7 Å². The monoisotopic (exact) mass is 842 g/mol. The van der Waals surface area contributed by atoms with Gasteiger partial charge in [0, 0.05) is 19.4 Å². The van der Waals surface area contributed by atoms with Gasteiger partial charge in [0.2, 0.25) is 0 Å². The smallest absolute Gasteiger partial charge is 0.462 e. The molecule has 0 heterocycles. The van der Waals surface area contributed by atoms with Crippen LogP contribution in [-0.4, -0.2) is 49.3 Å². The van der Waals surface area contributed by atoms with E-state index in [1.165, 1.54) is 51.4 Å². The number of phosphoric ester groups is 1. The second-order valence-electron chi connectivity index (χ2n) is 14.2. The molecule has 0 aliphatic heterocycles. The summed E-state index contributed by atoms with van der Waals surface area (Å²) in [5.41, 5.74) is 5.34. The van der Waals surface area contributed by atoms with E-state index >= 15 is 0 Å². The first-order chi connectivity index (χ1) is 28.8. The van der Waals surface area contributed by atoms with Crippen LogP contribution in [0.25, 0.3) is 0 Å². The summed E-state index contributed by atoms with van der Waals surface area (Å²) in [6, 6.07) is 0. The van der Waals surface area contributed by atoms with Crippen molar-refractivity contribution in [3.63, 3.8) is 0 Å². The minimum atomic E-state index is -4.41. The largest absolute Gasteiger partial charge is 0.472 e. The Morgan fingerprint density at radius 2 is 0.915 bits per heavy atom. The van der Waals surface area contributed by atoms with E-state index in [-0.39, 0.29) is 32.6 Å². The number of unbranched alkanes of at least 4 members (excludes halogenated alkanes) is 9. The number of esters is 2. The molecule has 0 aliphatic carbocycles. The summed E-state index contributed by atoms with van der Waals surface area (Å²) in [7, 11) is -4.41. The van der Waals surface area contributed by atoms with Crippen molar-refractivity contribution >= 4 is 19.8 Å². The number of hydrogen-bond acceptors (Lipinski definition) is 8. The van der Waals surface area contributed by atoms with E-state index in [0.717, 1.165) is 64.2 Å². The molecule has 10 heteroatoms. The number of nitrogens with two attached hydrogens (primary N) is 1. The Balaban J connectivity index is 4.36. The molecule has 0 radical (unpaired) electrons. The van der Waals surface area contributed by atoms with E-state index in [9.17, 15) is 19.0 Å². The first-order valence-electron chi connectivity index (χ1n) is 22.4. The Kier molecular flexibility index (Phi) is 41.7. The van der Waals surface area contributed by atoms with Gasteiger partial charge in [0.1, 0.15) is 6.61 Å². The summed E-state index contributed by atoms with van der Waals surface area (Å²) in [5, 5.41) is 0. The molecule has 0 rings (SSSR count). The molecule has 3 N–H and O–H groups in total. The fraction of sp³-hybridized carbons (Fsp3) is 0.592. The molecule has 2 atom stereocenters. The van der Waals surface area contributed by atoms with E-state index in [2.05, 4.69) is 111 Å². The molecule has 0 spiro atoms. The van der Waals surface area contributed by atoms with Gasteiger partial charge < -0.3 is 20.1 Å². The molecule has 9 nitrogen and oxygen atoms in total. The number of hydrogen-bond donors (Lipinski definition) is 2. The normalized spacial score (nSPS) is 14.3. The number of allylic oxidation sites excluding steroid dienone is 18. The van der Waals surface area contributed by atoms with Crippen LogP contribution >= 0.6 is 7.82 Å². The topological polar surface area (TPSA) is 134 Å². The van der Waals surface area contributed by atoms with Gasteiger partial charge >= 0.3 is 19.8 Å². The van der Waals surface area contributed by atoms with Gasteiger partial charge in [-0.05, 0) is 96.3 Å². The first kappa shape index (κ1) is 55.7. The highest BCUT2D eigenvalue weighted by molar-refractivity contribution is 7.47. The van der Waals surface area contributed by atoms with Crippen LogP contribution in [0.1, 0.15) is 155 Å². The lowest BCUT2D eigenvalue weighted by Gasteiger charge is -2.19. The molecular formula is C49H80NO8P. The summed E-state index contributed by atoms with van der Waals surface area (Å²) in [5.74, 6) is -0.973. The molecular weight excluding hydrogens is 762 g/mol. The quantitative estimate of drug-likeness (QED) is 0.0267. The van der Waals surface area contributed by atoms with Crippen LogP contribution in [0.3, 0.4) is 0 Å².